The van der Waals surface area contributed by atoms with Crippen molar-refractivity contribution in [1.29, 1.82) is 0 Å². The van der Waals surface area contributed by atoms with E-state index >= 15 is 0 Å². The summed E-state index contributed by atoms with van der Waals surface area (Å²) in [5.41, 5.74) is 1.54. The highest BCUT2D eigenvalue weighted by Crippen LogP contribution is 2.35. The predicted octanol–water partition coefficient (Wildman–Crippen LogP) is 5.32. The molecule has 6 heteroatoms. The summed E-state index contributed by atoms with van der Waals surface area (Å²) in [6.45, 7) is 2.36. The summed E-state index contributed by atoms with van der Waals surface area (Å²) >= 11 is 0. The second-order valence-corrected chi connectivity index (χ2v) is 8.44. The van der Waals surface area contributed by atoms with Crippen molar-refractivity contribution in [3.63, 3.8) is 0 Å². The van der Waals surface area contributed by atoms with Crippen molar-refractivity contribution in [2.24, 2.45) is 0 Å². The van der Waals surface area contributed by atoms with Crippen LogP contribution in [0.5, 0.6) is 5.75 Å². The van der Waals surface area contributed by atoms with Gasteiger partial charge in [-0.05, 0) is 50.1 Å². The van der Waals surface area contributed by atoms with Gasteiger partial charge in [0.2, 0.25) is 5.91 Å². The first-order valence-corrected chi connectivity index (χ1v) is 12.0. The van der Waals surface area contributed by atoms with Crippen molar-refractivity contribution < 1.29 is 14.3 Å². The minimum atomic E-state index is -0.915. The Morgan fingerprint density at radius 2 is 1.68 bits per heavy atom. The number of rotatable bonds is 8. The van der Waals surface area contributed by atoms with E-state index in [4.69, 9.17) is 4.74 Å². The fourth-order valence-corrected chi connectivity index (χ4v) is 4.50. The van der Waals surface area contributed by atoms with Gasteiger partial charge in [-0.15, -0.1) is 0 Å². The van der Waals surface area contributed by atoms with E-state index in [1.54, 1.807) is 29.3 Å². The van der Waals surface area contributed by atoms with E-state index in [0.717, 1.165) is 25.7 Å². The van der Waals surface area contributed by atoms with Gasteiger partial charge in [-0.1, -0.05) is 61.7 Å². The van der Waals surface area contributed by atoms with Gasteiger partial charge in [-0.25, -0.2) is 0 Å². The first kappa shape index (κ1) is 23.5. The van der Waals surface area contributed by atoms with E-state index in [1.165, 1.54) is 6.42 Å². The molecule has 2 aromatic carbocycles. The topological polar surface area (TPSA) is 71.5 Å². The molecule has 1 saturated carbocycles. The van der Waals surface area contributed by atoms with E-state index in [2.05, 4.69) is 10.3 Å². The minimum absolute atomic E-state index is 0.102. The van der Waals surface area contributed by atoms with Crippen LogP contribution in [0.2, 0.25) is 0 Å². The number of para-hydroxylation sites is 2. The maximum atomic E-state index is 13.9. The maximum Gasteiger partial charge on any atom is 0.277 e. The van der Waals surface area contributed by atoms with Crippen LogP contribution in [0.15, 0.2) is 79.0 Å². The zero-order valence-corrected chi connectivity index (χ0v) is 19.5. The van der Waals surface area contributed by atoms with Crippen LogP contribution < -0.4 is 15.0 Å². The molecule has 6 nitrogen and oxygen atoms in total. The first-order valence-electron chi connectivity index (χ1n) is 12.0. The van der Waals surface area contributed by atoms with Crippen LogP contribution in [0.1, 0.15) is 61.1 Å². The van der Waals surface area contributed by atoms with E-state index in [1.807, 2.05) is 61.5 Å². The highest BCUT2D eigenvalue weighted by Gasteiger charge is 2.36. The third kappa shape index (κ3) is 5.45. The number of ether oxygens (including phenoxy) is 1. The summed E-state index contributed by atoms with van der Waals surface area (Å²) in [4.78, 5) is 33.6. The number of carbonyl (C=O) groups is 2. The van der Waals surface area contributed by atoms with Crippen LogP contribution in [0.3, 0.4) is 0 Å². The summed E-state index contributed by atoms with van der Waals surface area (Å²) in [5, 5.41) is 3.23. The van der Waals surface area contributed by atoms with E-state index < -0.39 is 6.04 Å². The van der Waals surface area contributed by atoms with E-state index in [9.17, 15) is 9.59 Å². The lowest BCUT2D eigenvalue weighted by atomic mass is 9.94. The number of pyridine rings is 1. The number of anilines is 1. The maximum absolute atomic E-state index is 13.9. The Labute approximate surface area is 201 Å². The molecular weight excluding hydrogens is 426 g/mol. The van der Waals surface area contributed by atoms with Gasteiger partial charge in [-0.3, -0.25) is 19.5 Å². The van der Waals surface area contributed by atoms with Gasteiger partial charge in [0.15, 0.2) is 0 Å². The van der Waals surface area contributed by atoms with Gasteiger partial charge in [0.1, 0.15) is 17.5 Å². The second kappa shape index (κ2) is 11.5. The van der Waals surface area contributed by atoms with Crippen LogP contribution in [0.4, 0.5) is 5.69 Å². The van der Waals surface area contributed by atoms with Crippen molar-refractivity contribution in [1.82, 2.24) is 10.3 Å². The van der Waals surface area contributed by atoms with Gasteiger partial charge in [0, 0.05) is 23.5 Å². The molecule has 0 spiro atoms. The van der Waals surface area contributed by atoms with E-state index in [0.29, 0.717) is 23.6 Å². The molecule has 1 aliphatic rings. The summed E-state index contributed by atoms with van der Waals surface area (Å²) < 4.78 is 5.90. The number of hydrogen-bond donors (Lipinski definition) is 1. The van der Waals surface area contributed by atoms with Gasteiger partial charge in [0.05, 0.1) is 6.61 Å². The normalized spacial score (nSPS) is 14.7. The molecule has 0 bridgehead atoms. The third-order valence-electron chi connectivity index (χ3n) is 6.11. The largest absolute Gasteiger partial charge is 0.493 e. The highest BCUT2D eigenvalue weighted by atomic mass is 16.5. The van der Waals surface area contributed by atoms with Crippen molar-refractivity contribution in [3.8, 4) is 5.75 Å². The molecule has 1 aliphatic carbocycles. The summed E-state index contributed by atoms with van der Waals surface area (Å²) in [6.07, 6.45) is 6.87. The SMILES string of the molecule is CCOc1ccccc1C(C(=O)NC1CCCCC1)N(C(=O)c1ccccn1)c1ccccc1. The lowest BCUT2D eigenvalue weighted by Crippen LogP contribution is -2.47. The fourth-order valence-electron chi connectivity index (χ4n) is 4.50. The Hall–Kier alpha value is -3.67. The molecule has 4 rings (SSSR count). The fraction of sp³-hybridized carbons (Fsp3) is 0.321. The molecule has 1 aromatic heterocycles. The van der Waals surface area contributed by atoms with Crippen LogP contribution in [0, 0.1) is 0 Å². The Morgan fingerprint density at radius 3 is 2.38 bits per heavy atom. The monoisotopic (exact) mass is 457 g/mol. The summed E-state index contributed by atoms with van der Waals surface area (Å²) in [7, 11) is 0. The molecule has 0 saturated heterocycles. The molecule has 1 atom stereocenters. The lowest BCUT2D eigenvalue weighted by molar-refractivity contribution is -0.123. The van der Waals surface area contributed by atoms with Crippen molar-refractivity contribution >= 4 is 17.5 Å². The van der Waals surface area contributed by atoms with Gasteiger partial charge in [0.25, 0.3) is 5.91 Å². The van der Waals surface area contributed by atoms with Crippen LogP contribution in [-0.2, 0) is 4.79 Å². The van der Waals surface area contributed by atoms with Crippen LogP contribution in [0.25, 0.3) is 0 Å². The van der Waals surface area contributed by atoms with Gasteiger partial charge < -0.3 is 10.1 Å². The molecule has 0 aliphatic heterocycles. The summed E-state index contributed by atoms with van der Waals surface area (Å²) in [5.74, 6) is 0.0256. The van der Waals surface area contributed by atoms with Gasteiger partial charge >= 0.3 is 0 Å². The quantitative estimate of drug-likeness (QED) is 0.497. The highest BCUT2D eigenvalue weighted by molar-refractivity contribution is 6.09. The first-order chi connectivity index (χ1) is 16.7. The average Bonchev–Trinajstić information content (AvgIpc) is 2.89. The van der Waals surface area contributed by atoms with Gasteiger partial charge in [-0.2, -0.15) is 0 Å². The Bertz CT molecular complexity index is 1080. The standard InChI is InChI=1S/C28H31N3O3/c1-2-34-25-19-10-9-17-23(25)26(27(32)30-21-13-5-3-6-14-21)31(22-15-7-4-8-16-22)28(33)24-18-11-12-20-29-24/h4,7-12,15-21,26H,2-3,5-6,13-14H2,1H3,(H,30,32). The molecule has 3 aromatic rings. The molecule has 0 radical (unpaired) electrons. The van der Waals surface area contributed by atoms with Crippen molar-refractivity contribution in [3.05, 3.63) is 90.3 Å². The molecule has 2 amide bonds. The molecular formula is C28H31N3O3. The predicted molar refractivity (Wildman–Crippen MR) is 133 cm³/mol. The number of carbonyl (C=O) groups excluding carboxylic acids is 2. The Balaban J connectivity index is 1.82. The summed E-state index contributed by atoms with van der Waals surface area (Å²) in [6, 6.07) is 21.1. The Morgan fingerprint density at radius 1 is 0.971 bits per heavy atom. The third-order valence-corrected chi connectivity index (χ3v) is 6.11. The second-order valence-electron chi connectivity index (χ2n) is 8.44. The number of hydrogen-bond acceptors (Lipinski definition) is 4. The molecule has 176 valence electrons. The molecule has 1 N–H and O–H groups in total. The molecule has 1 fully saturated rings. The zero-order valence-electron chi connectivity index (χ0n) is 19.5. The van der Waals surface area contributed by atoms with Crippen molar-refractivity contribution in [2.75, 3.05) is 11.5 Å². The number of benzene rings is 2. The average molecular weight is 458 g/mol. The number of aromatic nitrogens is 1. The zero-order chi connectivity index (χ0) is 23.8. The van der Waals surface area contributed by atoms with E-state index in [-0.39, 0.29) is 23.6 Å². The molecule has 1 unspecified atom stereocenters. The molecule has 1 heterocycles. The van der Waals surface area contributed by atoms with Crippen LogP contribution in [-0.4, -0.2) is 29.4 Å². The van der Waals surface area contributed by atoms with Crippen LogP contribution >= 0.6 is 0 Å². The Kier molecular flexibility index (Phi) is 7.91. The minimum Gasteiger partial charge on any atom is -0.493 e. The number of nitrogens with one attached hydrogen (secondary N) is 1. The number of amides is 2. The number of nitrogens with zero attached hydrogens (tertiary/aromatic N) is 2. The smallest absolute Gasteiger partial charge is 0.277 e. The van der Waals surface area contributed by atoms with Crippen molar-refractivity contribution in [2.45, 2.75) is 51.1 Å². The molecule has 34 heavy (non-hydrogen) atoms. The lowest BCUT2D eigenvalue weighted by Gasteiger charge is -2.34.